The molecule has 1 atom stereocenters. The highest BCUT2D eigenvalue weighted by Gasteiger charge is 2.33. The number of ether oxygens (including phenoxy) is 3. The number of carboxylic acid groups (broad SMARTS) is 1. The summed E-state index contributed by atoms with van der Waals surface area (Å²) in [5.41, 5.74) is 3.10. The zero-order chi connectivity index (χ0) is 26.4. The first-order valence-corrected chi connectivity index (χ1v) is 11.7. The monoisotopic (exact) mass is 491 g/mol. The molecule has 1 aromatic heterocycles. The molecule has 8 nitrogen and oxygen atoms in total. The summed E-state index contributed by atoms with van der Waals surface area (Å²) in [4.78, 5) is 12.2. The van der Waals surface area contributed by atoms with E-state index < -0.39 is 11.8 Å². The number of hydrogen-bond acceptors (Lipinski definition) is 7. The molecule has 0 fully saturated rings. The SMILES string of the molecule is [2H]OC(=O)c1cccc2cnn(CCC(O)(OCCc3ccccc3)c3cc(OC)c(C)c(OC)c3)c12. The molecule has 0 saturated heterocycles. The van der Waals surface area contributed by atoms with Crippen LogP contribution in [-0.2, 0) is 23.5 Å². The maximum Gasteiger partial charge on any atom is 0.337 e. The molecule has 0 spiro atoms. The third-order valence-corrected chi connectivity index (χ3v) is 6.32. The normalized spacial score (nSPS) is 13.2. The van der Waals surface area contributed by atoms with Crippen molar-refractivity contribution in [1.29, 1.82) is 1.43 Å². The molecule has 3 aromatic carbocycles. The van der Waals surface area contributed by atoms with Crippen LogP contribution in [0, 0.1) is 6.92 Å². The van der Waals surface area contributed by atoms with E-state index >= 15 is 0 Å². The molecule has 0 aliphatic heterocycles. The Kier molecular flexibility index (Phi) is 7.16. The molecule has 0 aliphatic rings. The Bertz CT molecular complexity index is 1350. The van der Waals surface area contributed by atoms with E-state index in [0.717, 1.165) is 16.5 Å². The summed E-state index contributed by atoms with van der Waals surface area (Å²) in [6.07, 6.45) is 2.34. The second-order valence-electron chi connectivity index (χ2n) is 8.52. The van der Waals surface area contributed by atoms with Gasteiger partial charge in [-0.15, -0.1) is 0 Å². The first kappa shape index (κ1) is 23.8. The fourth-order valence-electron chi connectivity index (χ4n) is 4.33. The summed E-state index contributed by atoms with van der Waals surface area (Å²) in [6, 6.07) is 18.5. The Labute approximate surface area is 211 Å². The molecule has 4 aromatic rings. The van der Waals surface area contributed by atoms with E-state index in [1.54, 1.807) is 49.4 Å². The largest absolute Gasteiger partial charge is 0.496 e. The van der Waals surface area contributed by atoms with Crippen LogP contribution in [0.2, 0.25) is 0 Å². The van der Waals surface area contributed by atoms with Gasteiger partial charge >= 0.3 is 5.97 Å². The number of aromatic nitrogens is 2. The number of aryl methyl sites for hydroxylation is 1. The predicted molar refractivity (Wildman–Crippen MR) is 136 cm³/mol. The summed E-state index contributed by atoms with van der Waals surface area (Å²) in [5.74, 6) is -1.38. The molecule has 188 valence electrons. The minimum Gasteiger partial charge on any atom is -0.496 e. The molecule has 0 radical (unpaired) electrons. The highest BCUT2D eigenvalue weighted by molar-refractivity contribution is 6.01. The molecule has 8 heteroatoms. The van der Waals surface area contributed by atoms with Gasteiger partial charge in [-0.1, -0.05) is 42.5 Å². The van der Waals surface area contributed by atoms with Crippen LogP contribution in [0.25, 0.3) is 12.3 Å². The number of benzene rings is 3. The van der Waals surface area contributed by atoms with Crippen molar-refractivity contribution >= 4 is 16.9 Å². The average Bonchev–Trinajstić information content (AvgIpc) is 3.35. The van der Waals surface area contributed by atoms with Crippen molar-refractivity contribution in [2.75, 3.05) is 20.8 Å². The number of aliphatic hydroxyl groups is 1. The van der Waals surface area contributed by atoms with E-state index in [1.807, 2.05) is 43.3 Å². The second kappa shape index (κ2) is 10.8. The Morgan fingerprint density at radius 3 is 2.47 bits per heavy atom. The maximum atomic E-state index is 12.2. The van der Waals surface area contributed by atoms with Crippen LogP contribution in [0.1, 0.15) is 33.5 Å². The van der Waals surface area contributed by atoms with Crippen molar-refractivity contribution in [2.45, 2.75) is 32.1 Å². The van der Waals surface area contributed by atoms with Crippen LogP contribution in [0.5, 0.6) is 11.5 Å². The van der Waals surface area contributed by atoms with Gasteiger partial charge in [0.25, 0.3) is 1.43 Å². The molecule has 0 saturated carbocycles. The first-order valence-electron chi connectivity index (χ1n) is 12.1. The fraction of sp³-hybridized carbons (Fsp3) is 0.286. The lowest BCUT2D eigenvalue weighted by Crippen LogP contribution is -2.32. The molecule has 1 unspecified atom stereocenters. The molecule has 0 amide bonds. The van der Waals surface area contributed by atoms with Crippen molar-refractivity contribution in [3.8, 4) is 11.5 Å². The van der Waals surface area contributed by atoms with Crippen LogP contribution in [0.4, 0.5) is 0 Å². The lowest BCUT2D eigenvalue weighted by atomic mass is 9.99. The summed E-state index contributed by atoms with van der Waals surface area (Å²) in [7, 11) is 3.12. The lowest BCUT2D eigenvalue weighted by molar-refractivity contribution is -0.218. The van der Waals surface area contributed by atoms with Gasteiger partial charge in [0.05, 0.1) is 38.1 Å². The van der Waals surface area contributed by atoms with Crippen molar-refractivity contribution < 1.29 is 29.2 Å². The van der Waals surface area contributed by atoms with E-state index in [9.17, 15) is 9.90 Å². The molecule has 1 heterocycles. The molecule has 4 rings (SSSR count). The number of aromatic carboxylic acids is 1. The van der Waals surface area contributed by atoms with E-state index in [0.29, 0.717) is 29.0 Å². The Hall–Kier alpha value is -3.88. The average molecular weight is 492 g/mol. The Morgan fingerprint density at radius 2 is 1.81 bits per heavy atom. The number of hydrogen-bond donors (Lipinski definition) is 2. The molecule has 0 aliphatic carbocycles. The molecule has 0 bridgehead atoms. The van der Waals surface area contributed by atoms with E-state index in [-0.39, 0.29) is 25.1 Å². The molecular weight excluding hydrogens is 460 g/mol. The Balaban J connectivity index is 1.67. The van der Waals surface area contributed by atoms with E-state index in [4.69, 9.17) is 15.6 Å². The van der Waals surface area contributed by atoms with Crippen molar-refractivity contribution in [3.05, 3.63) is 89.1 Å². The smallest absolute Gasteiger partial charge is 0.337 e. The van der Waals surface area contributed by atoms with Gasteiger partial charge in [-0.3, -0.25) is 4.68 Å². The number of rotatable bonds is 11. The fourth-order valence-corrected chi connectivity index (χ4v) is 4.33. The summed E-state index contributed by atoms with van der Waals surface area (Å²) in [6.45, 7) is 2.35. The van der Waals surface area contributed by atoms with E-state index in [2.05, 4.69) is 10.2 Å². The quantitative estimate of drug-likeness (QED) is 0.297. The van der Waals surface area contributed by atoms with Crippen LogP contribution in [0.3, 0.4) is 0 Å². The maximum absolute atomic E-state index is 12.2. The predicted octanol–water partition coefficient (Wildman–Crippen LogP) is 4.55. The number of fused-ring (bicyclic) bond motifs is 1. The van der Waals surface area contributed by atoms with Crippen LogP contribution in [-0.4, -0.2) is 46.8 Å². The van der Waals surface area contributed by atoms with E-state index in [1.165, 1.54) is 0 Å². The van der Waals surface area contributed by atoms with Crippen molar-refractivity contribution in [1.82, 2.24) is 9.78 Å². The molecular formula is C28H30N2O6. The number of nitrogens with zero attached hydrogens (tertiary/aromatic N) is 2. The lowest BCUT2D eigenvalue weighted by Gasteiger charge is -2.30. The topological polar surface area (TPSA) is 103 Å². The van der Waals surface area contributed by atoms with Gasteiger partial charge in [-0.05, 0) is 37.1 Å². The first-order chi connectivity index (χ1) is 17.9. The zero-order valence-electron chi connectivity index (χ0n) is 21.6. The van der Waals surface area contributed by atoms with Gasteiger partial charge in [0, 0.05) is 29.5 Å². The van der Waals surface area contributed by atoms with Gasteiger partial charge in [-0.25, -0.2) is 4.79 Å². The summed E-state index contributed by atoms with van der Waals surface area (Å²) >= 11 is 0. The minimum absolute atomic E-state index is 0.109. The minimum atomic E-state index is -1.72. The zero-order valence-corrected chi connectivity index (χ0v) is 20.6. The van der Waals surface area contributed by atoms with Crippen LogP contribution < -0.4 is 9.47 Å². The third-order valence-electron chi connectivity index (χ3n) is 6.32. The third kappa shape index (κ3) is 5.19. The van der Waals surface area contributed by atoms with Crippen LogP contribution >= 0.6 is 0 Å². The number of methoxy groups -OCH3 is 2. The number of carboxylic acids is 1. The van der Waals surface area contributed by atoms with Crippen molar-refractivity contribution in [3.63, 3.8) is 0 Å². The van der Waals surface area contributed by atoms with Gasteiger partial charge in [0.1, 0.15) is 11.5 Å². The van der Waals surface area contributed by atoms with Gasteiger partial charge in [0.2, 0.25) is 0 Å². The van der Waals surface area contributed by atoms with Gasteiger partial charge in [-0.2, -0.15) is 5.10 Å². The van der Waals surface area contributed by atoms with Gasteiger partial charge < -0.3 is 24.4 Å². The highest BCUT2D eigenvalue weighted by atomic mass is 16.6. The molecule has 36 heavy (non-hydrogen) atoms. The highest BCUT2D eigenvalue weighted by Crippen LogP contribution is 2.37. The standard InChI is InChI=1S/C28H30N2O6/c1-19-24(34-2)16-22(17-25(19)35-3)28(33,36-15-12-20-8-5-4-6-9-20)13-14-30-26-21(18-29-30)10-7-11-23(26)27(31)32/h4-11,16-18,33H,12-15H2,1-3H3,(H,31,32)/i/hD. The second-order valence-corrected chi connectivity index (χ2v) is 8.52. The van der Waals surface area contributed by atoms with Crippen LogP contribution in [0.15, 0.2) is 66.9 Å². The summed E-state index contributed by atoms with van der Waals surface area (Å²) < 4.78 is 25.8. The number of para-hydroxylation sites is 1. The van der Waals surface area contributed by atoms with Gasteiger partial charge in [0.15, 0.2) is 5.79 Å². The Morgan fingerprint density at radius 1 is 1.08 bits per heavy atom. The number of carbonyl (C=O) groups is 1. The summed E-state index contributed by atoms with van der Waals surface area (Å²) in [5, 5.41) is 21.2. The van der Waals surface area contributed by atoms with Crippen molar-refractivity contribution in [2.24, 2.45) is 0 Å². The molecule has 2 N–H and O–H groups in total.